The third-order valence-electron chi connectivity index (χ3n) is 3.82. The molecule has 94 valence electrons. The van der Waals surface area contributed by atoms with Crippen LogP contribution in [-0.2, 0) is 20.0 Å². The molecule has 0 amide bonds. The molecule has 5 nitrogen and oxygen atoms in total. The summed E-state index contributed by atoms with van der Waals surface area (Å²) in [5.41, 5.74) is 2.92. The van der Waals surface area contributed by atoms with Crippen molar-refractivity contribution in [2.75, 3.05) is 0 Å². The lowest BCUT2D eigenvalue weighted by Gasteiger charge is -2.17. The summed E-state index contributed by atoms with van der Waals surface area (Å²) in [6.07, 6.45) is 1.09. The van der Waals surface area contributed by atoms with E-state index in [-0.39, 0.29) is 0 Å². The Hall–Kier alpha value is -1.75. The molecule has 1 N–H and O–H groups in total. The number of benzene rings is 1. The van der Waals surface area contributed by atoms with Crippen molar-refractivity contribution in [3.8, 4) is 0 Å². The molecule has 1 aliphatic carbocycles. The molecule has 1 aromatic carbocycles. The van der Waals surface area contributed by atoms with Gasteiger partial charge in [-0.3, -0.25) is 0 Å². The fraction of sp³-hybridized carbons (Fsp3) is 0.462. The quantitative estimate of drug-likeness (QED) is 0.874. The lowest BCUT2D eigenvalue weighted by atomic mass is 10.0. The van der Waals surface area contributed by atoms with Gasteiger partial charge < -0.3 is 5.32 Å². The standard InChI is InChI=1S/C13H17N5/c1-9-11-6-4-3-5-10(11)7-12(9)14-8-13-15-16-17-18(13)2/h3-6,9,12,14H,7-8H2,1-2H3/t9-,12+/m0/s1. The molecule has 0 unspecified atom stereocenters. The Labute approximate surface area is 106 Å². The molecule has 3 rings (SSSR count). The van der Waals surface area contributed by atoms with Crippen LogP contribution >= 0.6 is 0 Å². The van der Waals surface area contributed by atoms with Gasteiger partial charge in [0.2, 0.25) is 0 Å². The summed E-state index contributed by atoms with van der Waals surface area (Å²) in [5.74, 6) is 1.42. The van der Waals surface area contributed by atoms with Gasteiger partial charge in [-0.2, -0.15) is 0 Å². The maximum atomic E-state index is 3.99. The Kier molecular flexibility index (Phi) is 2.83. The zero-order valence-electron chi connectivity index (χ0n) is 10.7. The highest BCUT2D eigenvalue weighted by Gasteiger charge is 2.28. The van der Waals surface area contributed by atoms with E-state index < -0.39 is 0 Å². The first kappa shape index (κ1) is 11.3. The zero-order valence-corrected chi connectivity index (χ0v) is 10.7. The van der Waals surface area contributed by atoms with Gasteiger partial charge in [0.25, 0.3) is 0 Å². The van der Waals surface area contributed by atoms with E-state index in [2.05, 4.69) is 52.0 Å². The fourth-order valence-electron chi connectivity index (χ4n) is 2.66. The normalized spacial score (nSPS) is 22.1. The van der Waals surface area contributed by atoms with Crippen molar-refractivity contribution in [3.63, 3.8) is 0 Å². The summed E-state index contributed by atoms with van der Waals surface area (Å²) in [6, 6.07) is 9.15. The number of aromatic nitrogens is 4. The molecule has 2 atom stereocenters. The van der Waals surface area contributed by atoms with Crippen LogP contribution in [0.3, 0.4) is 0 Å². The second-order valence-electron chi connectivity index (χ2n) is 4.90. The Balaban J connectivity index is 1.68. The van der Waals surface area contributed by atoms with E-state index in [1.54, 1.807) is 4.68 Å². The van der Waals surface area contributed by atoms with Crippen molar-refractivity contribution in [1.82, 2.24) is 25.5 Å². The van der Waals surface area contributed by atoms with Gasteiger partial charge in [-0.15, -0.1) is 5.10 Å². The molecule has 0 bridgehead atoms. The van der Waals surface area contributed by atoms with E-state index in [0.717, 1.165) is 12.2 Å². The molecule has 0 spiro atoms. The summed E-state index contributed by atoms with van der Waals surface area (Å²) in [6.45, 7) is 2.99. The van der Waals surface area contributed by atoms with Crippen LogP contribution in [0.5, 0.6) is 0 Å². The van der Waals surface area contributed by atoms with E-state index in [4.69, 9.17) is 0 Å². The zero-order chi connectivity index (χ0) is 12.5. The predicted molar refractivity (Wildman–Crippen MR) is 68.0 cm³/mol. The predicted octanol–water partition coefficient (Wildman–Crippen LogP) is 1.03. The summed E-state index contributed by atoms with van der Waals surface area (Å²) < 4.78 is 1.71. The maximum Gasteiger partial charge on any atom is 0.164 e. The van der Waals surface area contributed by atoms with Crippen LogP contribution in [0.15, 0.2) is 24.3 Å². The van der Waals surface area contributed by atoms with Gasteiger partial charge in [-0.05, 0) is 33.9 Å². The number of aryl methyl sites for hydroxylation is 1. The highest BCUT2D eigenvalue weighted by atomic mass is 15.5. The first-order valence-electron chi connectivity index (χ1n) is 6.28. The van der Waals surface area contributed by atoms with E-state index in [9.17, 15) is 0 Å². The van der Waals surface area contributed by atoms with Crippen LogP contribution in [0.25, 0.3) is 0 Å². The van der Waals surface area contributed by atoms with Crippen molar-refractivity contribution in [1.29, 1.82) is 0 Å². The first-order valence-corrected chi connectivity index (χ1v) is 6.28. The van der Waals surface area contributed by atoms with Crippen LogP contribution in [0.4, 0.5) is 0 Å². The molecule has 1 heterocycles. The molecule has 0 saturated heterocycles. The lowest BCUT2D eigenvalue weighted by Crippen LogP contribution is -2.32. The second kappa shape index (κ2) is 4.49. The van der Waals surface area contributed by atoms with Crippen LogP contribution in [0, 0.1) is 0 Å². The molecule has 5 heteroatoms. The van der Waals surface area contributed by atoms with Crippen LogP contribution in [0.2, 0.25) is 0 Å². The van der Waals surface area contributed by atoms with E-state index in [1.165, 1.54) is 11.1 Å². The van der Waals surface area contributed by atoms with Crippen molar-refractivity contribution in [2.45, 2.75) is 31.8 Å². The lowest BCUT2D eigenvalue weighted by molar-refractivity contribution is 0.462. The number of rotatable bonds is 3. The number of hydrogen-bond acceptors (Lipinski definition) is 4. The summed E-state index contributed by atoms with van der Waals surface area (Å²) in [4.78, 5) is 0. The number of nitrogens with one attached hydrogen (secondary N) is 1. The van der Waals surface area contributed by atoms with Gasteiger partial charge in [0, 0.05) is 13.1 Å². The van der Waals surface area contributed by atoms with E-state index in [1.807, 2.05) is 7.05 Å². The fourth-order valence-corrected chi connectivity index (χ4v) is 2.66. The average Bonchev–Trinajstić information content (AvgIpc) is 2.92. The minimum Gasteiger partial charge on any atom is -0.306 e. The SMILES string of the molecule is C[C@H]1c2ccccc2C[C@H]1NCc1nnnn1C. The smallest absolute Gasteiger partial charge is 0.164 e. The molecular weight excluding hydrogens is 226 g/mol. The second-order valence-corrected chi connectivity index (χ2v) is 4.90. The largest absolute Gasteiger partial charge is 0.306 e. The monoisotopic (exact) mass is 243 g/mol. The number of hydrogen-bond donors (Lipinski definition) is 1. The molecule has 18 heavy (non-hydrogen) atoms. The van der Waals surface area contributed by atoms with Gasteiger partial charge in [-0.1, -0.05) is 31.2 Å². The molecule has 0 saturated carbocycles. The van der Waals surface area contributed by atoms with E-state index >= 15 is 0 Å². The molecular formula is C13H17N5. The third-order valence-corrected chi connectivity index (χ3v) is 3.82. The number of fused-ring (bicyclic) bond motifs is 1. The van der Waals surface area contributed by atoms with Crippen molar-refractivity contribution >= 4 is 0 Å². The minimum atomic E-state index is 0.471. The Morgan fingerprint density at radius 3 is 2.94 bits per heavy atom. The number of nitrogens with zero attached hydrogens (tertiary/aromatic N) is 4. The van der Waals surface area contributed by atoms with Gasteiger partial charge >= 0.3 is 0 Å². The Morgan fingerprint density at radius 1 is 1.39 bits per heavy atom. The van der Waals surface area contributed by atoms with Crippen LogP contribution in [0.1, 0.15) is 29.8 Å². The molecule has 0 fully saturated rings. The first-order chi connectivity index (χ1) is 8.75. The number of tetrazole rings is 1. The Bertz CT molecular complexity index is 548. The average molecular weight is 243 g/mol. The minimum absolute atomic E-state index is 0.471. The van der Waals surface area contributed by atoms with E-state index in [0.29, 0.717) is 18.5 Å². The maximum absolute atomic E-state index is 3.99. The van der Waals surface area contributed by atoms with Crippen molar-refractivity contribution in [3.05, 3.63) is 41.2 Å². The summed E-state index contributed by atoms with van der Waals surface area (Å²) in [7, 11) is 1.86. The molecule has 0 radical (unpaired) electrons. The highest BCUT2D eigenvalue weighted by Crippen LogP contribution is 2.32. The van der Waals surface area contributed by atoms with Crippen molar-refractivity contribution in [2.24, 2.45) is 7.05 Å². The summed E-state index contributed by atoms with van der Waals surface area (Å²) >= 11 is 0. The Morgan fingerprint density at radius 2 is 2.22 bits per heavy atom. The van der Waals surface area contributed by atoms with Gasteiger partial charge in [-0.25, -0.2) is 4.68 Å². The van der Waals surface area contributed by atoms with Gasteiger partial charge in [0.1, 0.15) is 0 Å². The topological polar surface area (TPSA) is 55.6 Å². The van der Waals surface area contributed by atoms with Crippen molar-refractivity contribution < 1.29 is 0 Å². The van der Waals surface area contributed by atoms with Gasteiger partial charge in [0.05, 0.1) is 6.54 Å². The molecule has 1 aromatic heterocycles. The molecule has 2 aromatic rings. The third kappa shape index (κ3) is 1.90. The molecule has 1 aliphatic rings. The summed E-state index contributed by atoms with van der Waals surface area (Å²) in [5, 5.41) is 15.0. The van der Waals surface area contributed by atoms with Crippen LogP contribution in [-0.4, -0.2) is 26.2 Å². The van der Waals surface area contributed by atoms with Gasteiger partial charge in [0.15, 0.2) is 5.82 Å². The van der Waals surface area contributed by atoms with Crippen LogP contribution < -0.4 is 5.32 Å². The molecule has 0 aliphatic heterocycles. The highest BCUT2D eigenvalue weighted by molar-refractivity contribution is 5.37.